The van der Waals surface area contributed by atoms with Gasteiger partial charge in [-0.25, -0.2) is 0 Å². The van der Waals surface area contributed by atoms with E-state index < -0.39 is 0 Å². The molecule has 13 heavy (non-hydrogen) atoms. The van der Waals surface area contributed by atoms with Gasteiger partial charge in [-0.15, -0.1) is 0 Å². The quantitative estimate of drug-likeness (QED) is 0.653. The van der Waals surface area contributed by atoms with Crippen molar-refractivity contribution >= 4 is 0 Å². The van der Waals surface area contributed by atoms with E-state index in [9.17, 15) is 0 Å². The molecule has 2 nitrogen and oxygen atoms in total. The lowest BCUT2D eigenvalue weighted by Gasteiger charge is -2.56. The zero-order chi connectivity index (χ0) is 8.73. The second kappa shape index (κ2) is 2.96. The Hall–Kier alpha value is -0.0800. The lowest BCUT2D eigenvalue weighted by molar-refractivity contribution is -0.0447. The fourth-order valence-corrected chi connectivity index (χ4v) is 3.27. The summed E-state index contributed by atoms with van der Waals surface area (Å²) >= 11 is 0. The fraction of sp³-hybridized carbons (Fsp3) is 1.00. The van der Waals surface area contributed by atoms with Crippen LogP contribution < -0.4 is 5.32 Å². The van der Waals surface area contributed by atoms with E-state index in [1.807, 2.05) is 0 Å². The number of hydrogen-bond donors (Lipinski definition) is 1. The third kappa shape index (κ3) is 1.31. The van der Waals surface area contributed by atoms with Gasteiger partial charge in [-0.1, -0.05) is 0 Å². The highest BCUT2D eigenvalue weighted by molar-refractivity contribution is 5.01. The van der Waals surface area contributed by atoms with Crippen molar-refractivity contribution in [1.82, 2.24) is 10.2 Å². The van der Waals surface area contributed by atoms with Crippen molar-refractivity contribution in [3.63, 3.8) is 0 Å². The number of hydrogen-bond acceptors (Lipinski definition) is 2. The Kier molecular flexibility index (Phi) is 1.88. The SMILES string of the molecule is C1CN(C2CC3(CCNCC3)C2)C1. The van der Waals surface area contributed by atoms with E-state index in [4.69, 9.17) is 0 Å². The van der Waals surface area contributed by atoms with Crippen LogP contribution in [-0.2, 0) is 0 Å². The Bertz CT molecular complexity index is 184. The van der Waals surface area contributed by atoms with Crippen molar-refractivity contribution in [3.8, 4) is 0 Å². The van der Waals surface area contributed by atoms with Crippen LogP contribution in [0.4, 0.5) is 0 Å². The minimum atomic E-state index is 0.783. The number of rotatable bonds is 1. The Morgan fingerprint density at radius 3 is 2.31 bits per heavy atom. The summed E-state index contributed by atoms with van der Waals surface area (Å²) in [6.45, 7) is 5.32. The average Bonchev–Trinajstić information content (AvgIpc) is 2.00. The van der Waals surface area contributed by atoms with Gasteiger partial charge >= 0.3 is 0 Å². The molecule has 2 heterocycles. The standard InChI is InChI=1S/C11H20N2/c1-6-13(7-1)10-8-11(9-10)2-4-12-5-3-11/h10,12H,1-9H2. The van der Waals surface area contributed by atoms with E-state index in [2.05, 4.69) is 10.2 Å². The zero-order valence-corrected chi connectivity index (χ0v) is 8.39. The second-order valence-electron chi connectivity index (χ2n) is 5.20. The molecule has 0 radical (unpaired) electrons. The summed E-state index contributed by atoms with van der Waals surface area (Å²) in [7, 11) is 0. The van der Waals surface area contributed by atoms with Gasteiger partial charge in [-0.05, 0) is 63.7 Å². The monoisotopic (exact) mass is 180 g/mol. The van der Waals surface area contributed by atoms with Gasteiger partial charge in [0, 0.05) is 6.04 Å². The third-order valence-electron chi connectivity index (χ3n) is 4.41. The van der Waals surface area contributed by atoms with Gasteiger partial charge in [0.2, 0.25) is 0 Å². The largest absolute Gasteiger partial charge is 0.317 e. The molecule has 3 fully saturated rings. The molecule has 0 aromatic heterocycles. The topological polar surface area (TPSA) is 15.3 Å². The Balaban J connectivity index is 1.54. The van der Waals surface area contributed by atoms with Crippen molar-refractivity contribution in [2.24, 2.45) is 5.41 Å². The maximum atomic E-state index is 3.47. The van der Waals surface area contributed by atoms with Crippen LogP contribution in [0.25, 0.3) is 0 Å². The lowest BCUT2D eigenvalue weighted by atomic mass is 9.60. The minimum Gasteiger partial charge on any atom is -0.317 e. The molecule has 74 valence electrons. The molecule has 0 aromatic rings. The van der Waals surface area contributed by atoms with Gasteiger partial charge in [0.25, 0.3) is 0 Å². The molecule has 0 unspecified atom stereocenters. The molecule has 1 aliphatic carbocycles. The van der Waals surface area contributed by atoms with E-state index in [-0.39, 0.29) is 0 Å². The third-order valence-corrected chi connectivity index (χ3v) is 4.41. The van der Waals surface area contributed by atoms with E-state index >= 15 is 0 Å². The summed E-state index contributed by atoms with van der Waals surface area (Å²) in [6, 6.07) is 0.979. The Labute approximate surface area is 80.7 Å². The van der Waals surface area contributed by atoms with Gasteiger partial charge < -0.3 is 10.2 Å². The highest BCUT2D eigenvalue weighted by atomic mass is 15.2. The van der Waals surface area contributed by atoms with E-state index in [0.717, 1.165) is 11.5 Å². The summed E-state index contributed by atoms with van der Waals surface area (Å²) in [5.74, 6) is 0. The molecule has 0 bridgehead atoms. The summed E-state index contributed by atoms with van der Waals surface area (Å²) in [5.41, 5.74) is 0.783. The molecule has 0 aromatic carbocycles. The normalized spacial score (nSPS) is 34.2. The van der Waals surface area contributed by atoms with Crippen molar-refractivity contribution in [1.29, 1.82) is 0 Å². The second-order valence-corrected chi connectivity index (χ2v) is 5.20. The van der Waals surface area contributed by atoms with E-state index in [0.29, 0.717) is 0 Å². The number of likely N-dealkylation sites (tertiary alicyclic amines) is 1. The highest BCUT2D eigenvalue weighted by Gasteiger charge is 2.47. The van der Waals surface area contributed by atoms with Crippen molar-refractivity contribution in [3.05, 3.63) is 0 Å². The molecule has 1 saturated carbocycles. The minimum absolute atomic E-state index is 0.783. The summed E-state index contributed by atoms with van der Waals surface area (Å²) in [6.07, 6.45) is 7.35. The molecule has 0 atom stereocenters. The average molecular weight is 180 g/mol. The first kappa shape index (κ1) is 8.25. The smallest absolute Gasteiger partial charge is 0.0106 e. The number of nitrogens with one attached hydrogen (secondary N) is 1. The molecule has 0 amide bonds. The molecule has 2 aliphatic heterocycles. The van der Waals surface area contributed by atoms with Gasteiger partial charge in [-0.3, -0.25) is 0 Å². The number of piperidine rings is 1. The first-order chi connectivity index (χ1) is 6.38. The zero-order valence-electron chi connectivity index (χ0n) is 8.39. The van der Waals surface area contributed by atoms with E-state index in [1.165, 1.54) is 58.3 Å². The summed E-state index contributed by atoms with van der Waals surface area (Å²) in [4.78, 5) is 2.69. The van der Waals surface area contributed by atoms with Crippen LogP contribution >= 0.6 is 0 Å². The van der Waals surface area contributed by atoms with Gasteiger partial charge in [0.15, 0.2) is 0 Å². The predicted molar refractivity (Wildman–Crippen MR) is 53.7 cm³/mol. The molecule has 3 rings (SSSR count). The van der Waals surface area contributed by atoms with Crippen LogP contribution in [0.1, 0.15) is 32.1 Å². The van der Waals surface area contributed by atoms with Gasteiger partial charge in [0.1, 0.15) is 0 Å². The van der Waals surface area contributed by atoms with Crippen LogP contribution in [0.15, 0.2) is 0 Å². The fourth-order valence-electron chi connectivity index (χ4n) is 3.27. The summed E-state index contributed by atoms with van der Waals surface area (Å²) in [5, 5.41) is 3.47. The van der Waals surface area contributed by atoms with Gasteiger partial charge in [0.05, 0.1) is 0 Å². The van der Waals surface area contributed by atoms with Crippen LogP contribution in [0, 0.1) is 5.41 Å². The van der Waals surface area contributed by atoms with E-state index in [1.54, 1.807) is 0 Å². The molecule has 2 heteroatoms. The maximum Gasteiger partial charge on any atom is 0.0106 e. The molecular formula is C11H20N2. The lowest BCUT2D eigenvalue weighted by Crippen LogP contribution is -2.57. The van der Waals surface area contributed by atoms with Crippen LogP contribution in [0.2, 0.25) is 0 Å². The molecule has 1 N–H and O–H groups in total. The highest BCUT2D eigenvalue weighted by Crippen LogP contribution is 2.50. The first-order valence-electron chi connectivity index (χ1n) is 5.83. The van der Waals surface area contributed by atoms with Gasteiger partial charge in [-0.2, -0.15) is 0 Å². The maximum absolute atomic E-state index is 3.47. The molecular weight excluding hydrogens is 160 g/mol. The predicted octanol–water partition coefficient (Wildman–Crippen LogP) is 1.22. The van der Waals surface area contributed by atoms with Crippen molar-refractivity contribution < 1.29 is 0 Å². The first-order valence-corrected chi connectivity index (χ1v) is 5.83. The Morgan fingerprint density at radius 2 is 1.77 bits per heavy atom. The molecule has 3 aliphatic rings. The van der Waals surface area contributed by atoms with Crippen molar-refractivity contribution in [2.75, 3.05) is 26.2 Å². The molecule has 1 spiro atoms. The van der Waals surface area contributed by atoms with Crippen LogP contribution in [0.5, 0.6) is 0 Å². The summed E-state index contributed by atoms with van der Waals surface area (Å²) < 4.78 is 0. The van der Waals surface area contributed by atoms with Crippen LogP contribution in [0.3, 0.4) is 0 Å². The van der Waals surface area contributed by atoms with Crippen LogP contribution in [-0.4, -0.2) is 37.1 Å². The number of nitrogens with zero attached hydrogens (tertiary/aromatic N) is 1. The van der Waals surface area contributed by atoms with Crippen molar-refractivity contribution in [2.45, 2.75) is 38.1 Å². The Morgan fingerprint density at radius 1 is 1.08 bits per heavy atom. The molecule has 2 saturated heterocycles.